The molecule has 208 valence electrons. The molecule has 0 spiro atoms. The van der Waals surface area contributed by atoms with Crippen LogP contribution in [0.25, 0.3) is 22.3 Å². The van der Waals surface area contributed by atoms with E-state index >= 15 is 0 Å². The fraction of sp³-hybridized carbons (Fsp3) is 0.200. The average Bonchev–Trinajstić information content (AvgIpc) is 2.94. The van der Waals surface area contributed by atoms with Crippen molar-refractivity contribution in [1.29, 1.82) is 0 Å². The predicted molar refractivity (Wildman–Crippen MR) is 155 cm³/mol. The summed E-state index contributed by atoms with van der Waals surface area (Å²) < 4.78 is 31.6. The summed E-state index contributed by atoms with van der Waals surface area (Å²) in [5.74, 6) is 0. The van der Waals surface area contributed by atoms with Gasteiger partial charge in [0, 0.05) is 12.1 Å². The van der Waals surface area contributed by atoms with E-state index in [-0.39, 0.29) is 25.3 Å². The van der Waals surface area contributed by atoms with Gasteiger partial charge in [-0.1, -0.05) is 109 Å². The molecule has 0 heterocycles. The van der Waals surface area contributed by atoms with Gasteiger partial charge in [-0.3, -0.25) is 9.11 Å². The summed E-state index contributed by atoms with van der Waals surface area (Å²) in [7, 11) is -4.67. The van der Waals surface area contributed by atoms with Gasteiger partial charge in [0.1, 0.15) is 0 Å². The third-order valence-corrected chi connectivity index (χ3v) is 5.59. The van der Waals surface area contributed by atoms with Crippen molar-refractivity contribution in [2.75, 3.05) is 13.2 Å². The van der Waals surface area contributed by atoms with E-state index in [1.165, 1.54) is 22.3 Å². The maximum Gasteiger partial charge on any atom is 0.394 e. The number of aliphatic hydroxyl groups is 2. The van der Waals surface area contributed by atoms with Gasteiger partial charge in [0.05, 0.1) is 13.2 Å². The first kappa shape index (κ1) is 31.8. The lowest BCUT2D eigenvalue weighted by atomic mass is 10.0. The van der Waals surface area contributed by atoms with E-state index < -0.39 is 10.4 Å². The molecule has 0 bridgehead atoms. The van der Waals surface area contributed by atoms with Gasteiger partial charge in [0.25, 0.3) is 0 Å². The number of rotatable bonds is 8. The molecule has 0 aliphatic rings. The molecule has 0 radical (unpaired) electrons. The molecule has 9 heteroatoms. The van der Waals surface area contributed by atoms with Gasteiger partial charge in [-0.05, 0) is 46.2 Å². The summed E-state index contributed by atoms with van der Waals surface area (Å²) in [6.07, 6.45) is 1.43. The highest BCUT2D eigenvalue weighted by atomic mass is 32.3. The Hall–Kier alpha value is -3.41. The Morgan fingerprint density at radius 3 is 1.03 bits per heavy atom. The van der Waals surface area contributed by atoms with Crippen molar-refractivity contribution in [1.82, 2.24) is 0 Å². The maximum absolute atomic E-state index is 8.90. The molecule has 0 fully saturated rings. The van der Waals surface area contributed by atoms with Crippen LogP contribution in [0.5, 0.6) is 0 Å². The molecule has 2 atom stereocenters. The van der Waals surface area contributed by atoms with E-state index in [0.717, 1.165) is 11.1 Å². The second kappa shape index (κ2) is 16.5. The lowest BCUT2D eigenvalue weighted by Gasteiger charge is -2.08. The van der Waals surface area contributed by atoms with E-state index in [4.69, 9.17) is 39.2 Å². The van der Waals surface area contributed by atoms with Crippen molar-refractivity contribution < 1.29 is 27.7 Å². The minimum Gasteiger partial charge on any atom is -0.395 e. The van der Waals surface area contributed by atoms with Crippen molar-refractivity contribution >= 4 is 10.4 Å². The van der Waals surface area contributed by atoms with Crippen LogP contribution in [0, 0.1) is 0 Å². The molecule has 0 unspecified atom stereocenters. The lowest BCUT2D eigenvalue weighted by molar-refractivity contribution is 0.265. The number of hydrogen-bond donors (Lipinski definition) is 6. The molecule has 8 N–H and O–H groups in total. The third kappa shape index (κ3) is 13.3. The van der Waals surface area contributed by atoms with Crippen LogP contribution in [0.15, 0.2) is 109 Å². The summed E-state index contributed by atoms with van der Waals surface area (Å²) in [6.45, 7) is 0.0564. The third-order valence-electron chi connectivity index (χ3n) is 5.59. The second-order valence-electron chi connectivity index (χ2n) is 8.87. The predicted octanol–water partition coefficient (Wildman–Crippen LogP) is 3.78. The van der Waals surface area contributed by atoms with Crippen LogP contribution >= 0.6 is 0 Å². The van der Waals surface area contributed by atoms with Crippen LogP contribution in [0.1, 0.15) is 11.1 Å². The molecule has 0 aliphatic heterocycles. The van der Waals surface area contributed by atoms with Gasteiger partial charge in [0.2, 0.25) is 0 Å². The number of aliphatic hydroxyl groups excluding tert-OH is 2. The highest BCUT2D eigenvalue weighted by Gasteiger charge is 2.04. The number of benzene rings is 4. The molecule has 0 amide bonds. The molecule has 4 aromatic rings. The number of hydrogen-bond acceptors (Lipinski definition) is 6. The number of nitrogens with two attached hydrogens (primary N) is 2. The molecule has 8 nitrogen and oxygen atoms in total. The SMILES string of the molecule is N[C@@H](CO)Cc1ccc(-c2ccccc2)cc1.N[C@@H](CO)Cc1ccc(-c2ccccc2)cc1.O=S(=O)(O)O. The molecule has 4 rings (SSSR count). The molecule has 0 saturated heterocycles. The molecule has 39 heavy (non-hydrogen) atoms. The van der Waals surface area contributed by atoms with Crippen LogP contribution in [0.3, 0.4) is 0 Å². The lowest BCUT2D eigenvalue weighted by Crippen LogP contribution is -2.26. The van der Waals surface area contributed by atoms with E-state index in [1.807, 2.05) is 36.4 Å². The van der Waals surface area contributed by atoms with Crippen LogP contribution in [0.2, 0.25) is 0 Å². The highest BCUT2D eigenvalue weighted by Crippen LogP contribution is 2.20. The summed E-state index contributed by atoms with van der Waals surface area (Å²) in [4.78, 5) is 0. The normalized spacial score (nSPS) is 12.3. The molecule has 0 aromatic heterocycles. The van der Waals surface area contributed by atoms with Gasteiger partial charge in [-0.25, -0.2) is 0 Å². The first-order valence-corrected chi connectivity index (χ1v) is 13.7. The Labute approximate surface area is 230 Å². The van der Waals surface area contributed by atoms with Gasteiger partial charge < -0.3 is 21.7 Å². The van der Waals surface area contributed by atoms with Crippen LogP contribution in [-0.2, 0) is 23.2 Å². The van der Waals surface area contributed by atoms with E-state index in [0.29, 0.717) is 12.8 Å². The Kier molecular flexibility index (Phi) is 13.5. The second-order valence-corrected chi connectivity index (χ2v) is 9.76. The summed E-state index contributed by atoms with van der Waals surface area (Å²) >= 11 is 0. The van der Waals surface area contributed by atoms with Gasteiger partial charge in [-0.15, -0.1) is 0 Å². The fourth-order valence-electron chi connectivity index (χ4n) is 3.66. The van der Waals surface area contributed by atoms with Crippen molar-refractivity contribution in [3.63, 3.8) is 0 Å². The summed E-state index contributed by atoms with van der Waals surface area (Å²) in [5.41, 5.74) is 18.6. The van der Waals surface area contributed by atoms with Crippen LogP contribution < -0.4 is 11.5 Å². The molecular weight excluding hydrogens is 516 g/mol. The minimum absolute atomic E-state index is 0.0282. The zero-order chi connectivity index (χ0) is 28.7. The van der Waals surface area contributed by atoms with Crippen LogP contribution in [-0.4, -0.2) is 53.0 Å². The summed E-state index contributed by atoms with van der Waals surface area (Å²) in [6, 6.07) is 36.8. The standard InChI is InChI=1S/2C15H17NO.H2O4S/c2*16-15(11-17)10-12-6-8-14(9-7-12)13-4-2-1-3-5-13;1-5(2,3)4/h2*1-9,15,17H,10-11,16H2;(H2,1,2,3,4)/t2*15-;/m11./s1. The van der Waals surface area contributed by atoms with Gasteiger partial charge in [0.15, 0.2) is 0 Å². The van der Waals surface area contributed by atoms with Crippen molar-refractivity contribution in [3.8, 4) is 22.3 Å². The molecule has 0 saturated carbocycles. The Bertz CT molecular complexity index is 1220. The summed E-state index contributed by atoms with van der Waals surface area (Å²) in [5, 5.41) is 17.8. The molecule has 4 aromatic carbocycles. The fourth-order valence-corrected chi connectivity index (χ4v) is 3.66. The first-order chi connectivity index (χ1) is 18.6. The quantitative estimate of drug-likeness (QED) is 0.180. The Morgan fingerprint density at radius 1 is 0.513 bits per heavy atom. The van der Waals surface area contributed by atoms with E-state index in [1.54, 1.807) is 0 Å². The largest absolute Gasteiger partial charge is 0.395 e. The first-order valence-electron chi connectivity index (χ1n) is 12.3. The molecule has 0 aliphatic carbocycles. The van der Waals surface area contributed by atoms with Crippen molar-refractivity contribution in [3.05, 3.63) is 120 Å². The Morgan fingerprint density at radius 2 is 0.769 bits per heavy atom. The van der Waals surface area contributed by atoms with Crippen LogP contribution in [0.4, 0.5) is 0 Å². The van der Waals surface area contributed by atoms with E-state index in [9.17, 15) is 0 Å². The minimum atomic E-state index is -4.67. The van der Waals surface area contributed by atoms with Gasteiger partial charge >= 0.3 is 10.4 Å². The molecular formula is C30H36N2O6S. The highest BCUT2D eigenvalue weighted by molar-refractivity contribution is 7.79. The van der Waals surface area contributed by atoms with Gasteiger partial charge in [-0.2, -0.15) is 8.42 Å². The monoisotopic (exact) mass is 552 g/mol. The van der Waals surface area contributed by atoms with Crippen molar-refractivity contribution in [2.45, 2.75) is 24.9 Å². The average molecular weight is 553 g/mol. The topological polar surface area (TPSA) is 167 Å². The maximum atomic E-state index is 8.90. The van der Waals surface area contributed by atoms with E-state index in [2.05, 4.69) is 72.8 Å². The smallest absolute Gasteiger partial charge is 0.394 e. The zero-order valence-corrected chi connectivity index (χ0v) is 22.4. The Balaban J connectivity index is 0.000000234. The zero-order valence-electron chi connectivity index (χ0n) is 21.5. The van der Waals surface area contributed by atoms with Crippen molar-refractivity contribution in [2.24, 2.45) is 11.5 Å².